The summed E-state index contributed by atoms with van der Waals surface area (Å²) in [5.41, 5.74) is 7.57. The SMILES string of the molecule is Nc1cc(C=CC(=O)O)c2cc1C(=O)N2. The standard InChI is InChI=1S/C10H8N2O3/c11-7-3-5(1-2-9(13)14)8-4-6(7)10(15)12-8/h1-4H,11H2,(H,12,15)(H,13,14). The number of aliphatic carboxylic acids is 1. The van der Waals surface area contributed by atoms with Crippen LogP contribution in [0.25, 0.3) is 6.08 Å². The maximum Gasteiger partial charge on any atom is 0.328 e. The van der Waals surface area contributed by atoms with Gasteiger partial charge in [-0.3, -0.25) is 4.79 Å². The van der Waals surface area contributed by atoms with Crippen LogP contribution < -0.4 is 11.1 Å². The van der Waals surface area contributed by atoms with E-state index in [1.165, 1.54) is 6.08 Å². The lowest BCUT2D eigenvalue weighted by Gasteiger charge is -1.98. The number of nitrogens with one attached hydrogen (secondary N) is 1. The van der Waals surface area contributed by atoms with E-state index in [0.29, 0.717) is 22.5 Å². The molecule has 15 heavy (non-hydrogen) atoms. The molecule has 5 nitrogen and oxygen atoms in total. The number of carbonyl (C=O) groups is 2. The molecule has 1 aromatic rings. The third-order valence-corrected chi connectivity index (χ3v) is 2.12. The molecule has 5 heteroatoms. The van der Waals surface area contributed by atoms with Gasteiger partial charge in [-0.25, -0.2) is 4.79 Å². The lowest BCUT2D eigenvalue weighted by molar-refractivity contribution is -0.131. The summed E-state index contributed by atoms with van der Waals surface area (Å²) >= 11 is 0. The molecule has 0 radical (unpaired) electrons. The molecule has 0 saturated heterocycles. The lowest BCUT2D eigenvalue weighted by Crippen LogP contribution is -2.05. The highest BCUT2D eigenvalue weighted by Gasteiger charge is 2.20. The Morgan fingerprint density at radius 2 is 2.20 bits per heavy atom. The molecule has 1 aromatic carbocycles. The van der Waals surface area contributed by atoms with E-state index >= 15 is 0 Å². The monoisotopic (exact) mass is 204 g/mol. The van der Waals surface area contributed by atoms with Gasteiger partial charge in [0, 0.05) is 23.0 Å². The number of rotatable bonds is 2. The molecule has 0 spiro atoms. The lowest BCUT2D eigenvalue weighted by atomic mass is 10.1. The van der Waals surface area contributed by atoms with Gasteiger partial charge in [0.15, 0.2) is 0 Å². The van der Waals surface area contributed by atoms with Crippen molar-refractivity contribution in [2.45, 2.75) is 0 Å². The second-order valence-corrected chi connectivity index (χ2v) is 3.15. The Balaban J connectivity index is 2.44. The molecular formula is C10H8N2O3. The third-order valence-electron chi connectivity index (χ3n) is 2.12. The van der Waals surface area contributed by atoms with Crippen molar-refractivity contribution in [3.8, 4) is 0 Å². The van der Waals surface area contributed by atoms with E-state index in [9.17, 15) is 9.59 Å². The molecule has 0 fully saturated rings. The van der Waals surface area contributed by atoms with E-state index in [4.69, 9.17) is 10.8 Å². The number of hydrogen-bond donors (Lipinski definition) is 3. The largest absolute Gasteiger partial charge is 0.478 e. The number of carboxylic acid groups (broad SMARTS) is 1. The number of nitrogen functional groups attached to an aromatic ring is 1. The van der Waals surface area contributed by atoms with Crippen molar-refractivity contribution in [3.63, 3.8) is 0 Å². The summed E-state index contributed by atoms with van der Waals surface area (Å²) in [7, 11) is 0. The first kappa shape index (κ1) is 9.26. The average Bonchev–Trinajstić information content (AvgIpc) is 2.49. The Labute approximate surface area is 85.2 Å². The van der Waals surface area contributed by atoms with Crippen LogP contribution in [0.5, 0.6) is 0 Å². The Kier molecular flexibility index (Phi) is 1.93. The van der Waals surface area contributed by atoms with Crippen molar-refractivity contribution >= 4 is 29.3 Å². The Hall–Kier alpha value is -2.30. The molecule has 1 amide bonds. The summed E-state index contributed by atoms with van der Waals surface area (Å²) in [4.78, 5) is 21.6. The molecule has 0 aliphatic carbocycles. The smallest absolute Gasteiger partial charge is 0.328 e. The van der Waals surface area contributed by atoms with Crippen LogP contribution in [-0.4, -0.2) is 17.0 Å². The molecule has 1 aliphatic rings. The topological polar surface area (TPSA) is 92.4 Å². The molecule has 0 saturated carbocycles. The van der Waals surface area contributed by atoms with Crippen LogP contribution in [0.1, 0.15) is 15.9 Å². The third kappa shape index (κ3) is 1.54. The maximum absolute atomic E-state index is 11.3. The molecule has 1 heterocycles. The van der Waals surface area contributed by atoms with Crippen LogP contribution in [0.15, 0.2) is 18.2 Å². The van der Waals surface area contributed by atoms with Crippen LogP contribution in [-0.2, 0) is 4.79 Å². The van der Waals surface area contributed by atoms with E-state index in [2.05, 4.69) is 5.32 Å². The summed E-state index contributed by atoms with van der Waals surface area (Å²) in [5.74, 6) is -1.30. The number of amides is 1. The van der Waals surface area contributed by atoms with Crippen LogP contribution in [0, 0.1) is 0 Å². The second-order valence-electron chi connectivity index (χ2n) is 3.15. The normalized spacial score (nSPS) is 13.2. The number of carboxylic acids is 1. The second kappa shape index (κ2) is 3.13. The number of carbonyl (C=O) groups excluding carboxylic acids is 1. The first-order chi connectivity index (χ1) is 7.08. The van der Waals surface area contributed by atoms with E-state index in [1.54, 1.807) is 12.1 Å². The molecule has 0 unspecified atom stereocenters. The van der Waals surface area contributed by atoms with Gasteiger partial charge in [0.25, 0.3) is 5.91 Å². The number of nitrogens with two attached hydrogens (primary N) is 1. The quantitative estimate of drug-likeness (QED) is 0.493. The molecule has 2 rings (SSSR count). The van der Waals surface area contributed by atoms with Crippen LogP contribution >= 0.6 is 0 Å². The van der Waals surface area contributed by atoms with Crippen molar-refractivity contribution in [3.05, 3.63) is 29.3 Å². The van der Waals surface area contributed by atoms with E-state index in [-0.39, 0.29) is 5.91 Å². The van der Waals surface area contributed by atoms with E-state index in [1.807, 2.05) is 0 Å². The summed E-state index contributed by atoms with van der Waals surface area (Å²) in [6.45, 7) is 0. The molecule has 0 aromatic heterocycles. The van der Waals surface area contributed by atoms with Crippen LogP contribution in [0.3, 0.4) is 0 Å². The fourth-order valence-corrected chi connectivity index (χ4v) is 1.43. The van der Waals surface area contributed by atoms with Gasteiger partial charge < -0.3 is 16.2 Å². The zero-order valence-electron chi connectivity index (χ0n) is 7.65. The van der Waals surface area contributed by atoms with Crippen molar-refractivity contribution in [1.29, 1.82) is 0 Å². The first-order valence-corrected chi connectivity index (χ1v) is 4.24. The molecule has 4 N–H and O–H groups in total. The van der Waals surface area contributed by atoms with Gasteiger partial charge in [0.2, 0.25) is 0 Å². The van der Waals surface area contributed by atoms with Gasteiger partial charge >= 0.3 is 5.97 Å². The van der Waals surface area contributed by atoms with E-state index < -0.39 is 5.97 Å². The summed E-state index contributed by atoms with van der Waals surface area (Å²) in [6.07, 6.45) is 2.39. The molecule has 1 aliphatic heterocycles. The zero-order chi connectivity index (χ0) is 11.0. The number of hydrogen-bond acceptors (Lipinski definition) is 3. The molecule has 76 valence electrons. The van der Waals surface area contributed by atoms with Gasteiger partial charge in [-0.05, 0) is 18.2 Å². The van der Waals surface area contributed by atoms with Gasteiger partial charge in [-0.2, -0.15) is 0 Å². The minimum atomic E-state index is -1.05. The van der Waals surface area contributed by atoms with Crippen molar-refractivity contribution in [2.75, 3.05) is 11.1 Å². The fourth-order valence-electron chi connectivity index (χ4n) is 1.43. The minimum Gasteiger partial charge on any atom is -0.478 e. The van der Waals surface area contributed by atoms with Crippen LogP contribution in [0.2, 0.25) is 0 Å². The summed E-state index contributed by atoms with van der Waals surface area (Å²) in [6, 6.07) is 3.18. The van der Waals surface area contributed by atoms with E-state index in [0.717, 1.165) is 6.08 Å². The van der Waals surface area contributed by atoms with Gasteiger partial charge in [0.05, 0.1) is 5.56 Å². The Morgan fingerprint density at radius 1 is 1.47 bits per heavy atom. The number of fused-ring (bicyclic) bond motifs is 2. The predicted octanol–water partition coefficient (Wildman–Crippen LogP) is 0.932. The first-order valence-electron chi connectivity index (χ1n) is 4.24. The summed E-state index contributed by atoms with van der Waals surface area (Å²) < 4.78 is 0. The van der Waals surface area contributed by atoms with Gasteiger partial charge in [-0.15, -0.1) is 0 Å². The maximum atomic E-state index is 11.3. The average molecular weight is 204 g/mol. The van der Waals surface area contributed by atoms with Crippen molar-refractivity contribution in [2.24, 2.45) is 0 Å². The van der Waals surface area contributed by atoms with Crippen LogP contribution in [0.4, 0.5) is 11.4 Å². The predicted molar refractivity (Wildman–Crippen MR) is 55.5 cm³/mol. The minimum absolute atomic E-state index is 0.252. The number of anilines is 2. The van der Waals surface area contributed by atoms with Gasteiger partial charge in [0.1, 0.15) is 0 Å². The Bertz CT molecular complexity index is 492. The zero-order valence-corrected chi connectivity index (χ0v) is 7.65. The number of benzene rings is 1. The molecule has 2 bridgehead atoms. The highest BCUT2D eigenvalue weighted by Crippen LogP contribution is 2.30. The summed E-state index contributed by atoms with van der Waals surface area (Å²) in [5, 5.41) is 11.1. The fraction of sp³-hybridized carbons (Fsp3) is 0. The van der Waals surface area contributed by atoms with Gasteiger partial charge in [-0.1, -0.05) is 0 Å². The van der Waals surface area contributed by atoms with Crippen molar-refractivity contribution in [1.82, 2.24) is 0 Å². The molecule has 0 atom stereocenters. The van der Waals surface area contributed by atoms with Crippen molar-refractivity contribution < 1.29 is 14.7 Å². The Morgan fingerprint density at radius 3 is 2.87 bits per heavy atom. The highest BCUT2D eigenvalue weighted by molar-refractivity contribution is 6.14. The molecular weight excluding hydrogens is 196 g/mol. The highest BCUT2D eigenvalue weighted by atomic mass is 16.4.